The maximum absolute atomic E-state index is 11.7. The van der Waals surface area contributed by atoms with Crippen LogP contribution in [0.1, 0.15) is 34.6 Å². The monoisotopic (exact) mass is 290 g/mol. The number of carbonyl (C=O) groups is 2. The van der Waals surface area contributed by atoms with Crippen LogP contribution in [0.3, 0.4) is 0 Å². The van der Waals surface area contributed by atoms with Crippen molar-refractivity contribution in [2.45, 2.75) is 13.8 Å². The van der Waals surface area contributed by atoms with E-state index in [1.165, 1.54) is 12.1 Å². The summed E-state index contributed by atoms with van der Waals surface area (Å²) in [7, 11) is 0. The minimum absolute atomic E-state index is 0.0460. The second-order valence-electron chi connectivity index (χ2n) is 3.25. The molecule has 0 N–H and O–H groups in total. The van der Waals surface area contributed by atoms with E-state index >= 15 is 0 Å². The topological polar surface area (TPSA) is 52.6 Å². The first kappa shape index (κ1) is 14.8. The van der Waals surface area contributed by atoms with E-state index in [1.54, 1.807) is 13.8 Å². The van der Waals surface area contributed by atoms with Crippen molar-refractivity contribution in [2.75, 3.05) is 13.2 Å². The van der Waals surface area contributed by atoms with E-state index in [4.69, 9.17) is 32.7 Å². The van der Waals surface area contributed by atoms with E-state index in [0.717, 1.165) is 0 Å². The van der Waals surface area contributed by atoms with Gasteiger partial charge < -0.3 is 9.47 Å². The minimum atomic E-state index is -0.640. The van der Waals surface area contributed by atoms with Crippen molar-refractivity contribution in [3.05, 3.63) is 33.3 Å². The summed E-state index contributed by atoms with van der Waals surface area (Å²) in [6.45, 7) is 3.72. The Hall–Kier alpha value is -1.26. The van der Waals surface area contributed by atoms with E-state index in [2.05, 4.69) is 0 Å². The molecule has 0 fully saturated rings. The van der Waals surface area contributed by atoms with Crippen molar-refractivity contribution >= 4 is 35.1 Å². The van der Waals surface area contributed by atoms with Gasteiger partial charge in [0.15, 0.2) is 0 Å². The standard InChI is InChI=1S/C12H12Cl2O4/c1-3-17-11(15)7-5-9(13)10(14)6-8(7)12(16)18-4-2/h5-6H,3-4H2,1-2H3. The van der Waals surface area contributed by atoms with Crippen LogP contribution in [0.4, 0.5) is 0 Å². The van der Waals surface area contributed by atoms with Gasteiger partial charge >= 0.3 is 11.9 Å². The molecule has 0 aliphatic carbocycles. The number of esters is 2. The molecule has 0 unspecified atom stereocenters. The van der Waals surface area contributed by atoms with Crippen LogP contribution in [-0.4, -0.2) is 25.2 Å². The minimum Gasteiger partial charge on any atom is -0.462 e. The summed E-state index contributed by atoms with van der Waals surface area (Å²) in [4.78, 5) is 23.4. The van der Waals surface area contributed by atoms with Crippen molar-refractivity contribution in [2.24, 2.45) is 0 Å². The van der Waals surface area contributed by atoms with E-state index in [-0.39, 0.29) is 34.4 Å². The fraction of sp³-hybridized carbons (Fsp3) is 0.333. The first-order chi connectivity index (χ1) is 8.51. The molecule has 0 heterocycles. The molecular formula is C12H12Cl2O4. The van der Waals surface area contributed by atoms with Gasteiger partial charge in [-0.05, 0) is 26.0 Å². The lowest BCUT2D eigenvalue weighted by molar-refractivity contribution is 0.0479. The third-order valence-electron chi connectivity index (χ3n) is 2.05. The highest BCUT2D eigenvalue weighted by molar-refractivity contribution is 6.42. The summed E-state index contributed by atoms with van der Waals surface area (Å²) in [6.07, 6.45) is 0. The summed E-state index contributed by atoms with van der Waals surface area (Å²) >= 11 is 11.6. The normalized spacial score (nSPS) is 10.0. The molecule has 0 spiro atoms. The Kier molecular flexibility index (Phi) is 5.44. The van der Waals surface area contributed by atoms with E-state index in [1.807, 2.05) is 0 Å². The molecule has 6 heteroatoms. The van der Waals surface area contributed by atoms with Gasteiger partial charge in [-0.2, -0.15) is 0 Å². The number of hydrogen-bond acceptors (Lipinski definition) is 4. The van der Waals surface area contributed by atoms with Crippen LogP contribution in [-0.2, 0) is 9.47 Å². The highest BCUT2D eigenvalue weighted by Gasteiger charge is 2.21. The second-order valence-corrected chi connectivity index (χ2v) is 4.07. The molecule has 98 valence electrons. The lowest BCUT2D eigenvalue weighted by Gasteiger charge is -2.09. The van der Waals surface area contributed by atoms with Crippen LogP contribution in [0, 0.1) is 0 Å². The lowest BCUT2D eigenvalue weighted by atomic mass is 10.1. The predicted octanol–water partition coefficient (Wildman–Crippen LogP) is 3.35. The van der Waals surface area contributed by atoms with Crippen molar-refractivity contribution in [1.82, 2.24) is 0 Å². The Morgan fingerprint density at radius 2 is 1.28 bits per heavy atom. The zero-order valence-electron chi connectivity index (χ0n) is 9.96. The Bertz CT molecular complexity index is 428. The fourth-order valence-electron chi connectivity index (χ4n) is 1.30. The average Bonchev–Trinajstić information content (AvgIpc) is 2.32. The van der Waals surface area contributed by atoms with Gasteiger partial charge in [0.05, 0.1) is 34.4 Å². The summed E-state index contributed by atoms with van der Waals surface area (Å²) in [5, 5.41) is 0.348. The van der Waals surface area contributed by atoms with E-state index < -0.39 is 11.9 Å². The third kappa shape index (κ3) is 3.37. The molecule has 0 amide bonds. The maximum atomic E-state index is 11.7. The Labute approximate surface area is 115 Å². The molecule has 0 atom stereocenters. The smallest absolute Gasteiger partial charge is 0.339 e. The SMILES string of the molecule is CCOC(=O)c1cc(Cl)c(Cl)cc1C(=O)OCC. The van der Waals surface area contributed by atoms with Crippen molar-refractivity contribution in [3.8, 4) is 0 Å². The Balaban J connectivity index is 3.25. The van der Waals surface area contributed by atoms with Gasteiger partial charge in [-0.3, -0.25) is 0 Å². The molecule has 0 bridgehead atoms. The Morgan fingerprint density at radius 3 is 1.56 bits per heavy atom. The van der Waals surface area contributed by atoms with Gasteiger partial charge in [0, 0.05) is 0 Å². The van der Waals surface area contributed by atoms with Crippen molar-refractivity contribution in [1.29, 1.82) is 0 Å². The van der Waals surface area contributed by atoms with Crippen LogP contribution in [0.15, 0.2) is 12.1 Å². The molecule has 0 saturated heterocycles. The van der Waals surface area contributed by atoms with E-state index in [9.17, 15) is 9.59 Å². The zero-order chi connectivity index (χ0) is 13.7. The number of rotatable bonds is 4. The van der Waals surface area contributed by atoms with Gasteiger partial charge in [-0.25, -0.2) is 9.59 Å². The fourth-order valence-corrected chi connectivity index (χ4v) is 1.63. The third-order valence-corrected chi connectivity index (χ3v) is 2.77. The van der Waals surface area contributed by atoms with E-state index in [0.29, 0.717) is 0 Å². The molecule has 1 aromatic rings. The zero-order valence-corrected chi connectivity index (χ0v) is 11.5. The predicted molar refractivity (Wildman–Crippen MR) is 68.4 cm³/mol. The highest BCUT2D eigenvalue weighted by Crippen LogP contribution is 2.27. The molecule has 1 rings (SSSR count). The quantitative estimate of drug-likeness (QED) is 0.798. The highest BCUT2D eigenvalue weighted by atomic mass is 35.5. The molecule has 0 aliphatic rings. The lowest BCUT2D eigenvalue weighted by Crippen LogP contribution is -2.14. The van der Waals surface area contributed by atoms with Crippen molar-refractivity contribution < 1.29 is 19.1 Å². The summed E-state index contributed by atoms with van der Waals surface area (Å²) in [5.74, 6) is -1.28. The first-order valence-corrected chi connectivity index (χ1v) is 6.10. The summed E-state index contributed by atoms with van der Waals surface area (Å²) in [6, 6.07) is 2.60. The number of hydrogen-bond donors (Lipinski definition) is 0. The van der Waals surface area contributed by atoms with Crippen LogP contribution in [0.5, 0.6) is 0 Å². The Morgan fingerprint density at radius 1 is 0.944 bits per heavy atom. The van der Waals surface area contributed by atoms with Gasteiger partial charge in [0.1, 0.15) is 0 Å². The molecule has 18 heavy (non-hydrogen) atoms. The van der Waals surface area contributed by atoms with Crippen LogP contribution >= 0.6 is 23.2 Å². The molecule has 0 saturated carbocycles. The van der Waals surface area contributed by atoms with Gasteiger partial charge in [0.25, 0.3) is 0 Å². The van der Waals surface area contributed by atoms with Crippen molar-refractivity contribution in [3.63, 3.8) is 0 Å². The van der Waals surface area contributed by atoms with Gasteiger partial charge in [0.2, 0.25) is 0 Å². The molecular weight excluding hydrogens is 279 g/mol. The molecule has 0 aromatic heterocycles. The second kappa shape index (κ2) is 6.61. The first-order valence-electron chi connectivity index (χ1n) is 5.34. The number of halogens is 2. The molecule has 0 radical (unpaired) electrons. The number of carbonyl (C=O) groups excluding carboxylic acids is 2. The number of benzene rings is 1. The summed E-state index contributed by atoms with van der Waals surface area (Å²) < 4.78 is 9.69. The molecule has 4 nitrogen and oxygen atoms in total. The molecule has 1 aromatic carbocycles. The largest absolute Gasteiger partial charge is 0.462 e. The number of ether oxygens (including phenoxy) is 2. The maximum Gasteiger partial charge on any atom is 0.339 e. The average molecular weight is 291 g/mol. The summed E-state index contributed by atoms with van der Waals surface area (Å²) in [5.41, 5.74) is 0.0920. The van der Waals surface area contributed by atoms with Crippen LogP contribution in [0.2, 0.25) is 10.0 Å². The van der Waals surface area contributed by atoms with Crippen LogP contribution < -0.4 is 0 Å². The van der Waals surface area contributed by atoms with Gasteiger partial charge in [-0.15, -0.1) is 0 Å². The molecule has 0 aliphatic heterocycles. The van der Waals surface area contributed by atoms with Crippen LogP contribution in [0.25, 0.3) is 0 Å². The van der Waals surface area contributed by atoms with Gasteiger partial charge in [-0.1, -0.05) is 23.2 Å².